The number of pyridine rings is 1. The molecular formula is C33H31ClN8O5. The fraction of sp³-hybridized carbons (Fsp3) is 0.303. The number of carbonyl (C=O) groups excluding carboxylic acids is 4. The summed E-state index contributed by atoms with van der Waals surface area (Å²) in [6.07, 6.45) is 4.14. The number of nitrogens with one attached hydrogen (secondary N) is 1. The van der Waals surface area contributed by atoms with E-state index in [-0.39, 0.29) is 41.0 Å². The van der Waals surface area contributed by atoms with Crippen molar-refractivity contribution < 1.29 is 23.9 Å². The number of methoxy groups -OCH3 is 1. The summed E-state index contributed by atoms with van der Waals surface area (Å²) in [6.45, 7) is 4.61. The lowest BCUT2D eigenvalue weighted by molar-refractivity contribution is -0.149. The van der Waals surface area contributed by atoms with E-state index >= 15 is 0 Å². The van der Waals surface area contributed by atoms with Gasteiger partial charge in [0.05, 0.1) is 41.4 Å². The minimum Gasteiger partial charge on any atom is -0.496 e. The van der Waals surface area contributed by atoms with Crippen molar-refractivity contribution in [1.29, 1.82) is 0 Å². The maximum atomic E-state index is 13.5. The third-order valence-corrected chi connectivity index (χ3v) is 8.70. The first-order valence-electron chi connectivity index (χ1n) is 14.9. The number of aromatic nitrogens is 4. The molecule has 0 aliphatic carbocycles. The number of likely N-dealkylation sites (N-methyl/N-ethyl adjacent to an activating group) is 1. The maximum Gasteiger partial charge on any atom is 0.264 e. The average Bonchev–Trinajstić information content (AvgIpc) is 3.51. The van der Waals surface area contributed by atoms with Gasteiger partial charge in [-0.1, -0.05) is 29.5 Å². The number of nitrogen functional groups attached to an aromatic ring is 1. The first kappa shape index (κ1) is 31.5. The van der Waals surface area contributed by atoms with Gasteiger partial charge in [-0.05, 0) is 32.4 Å². The average molecular weight is 655 g/mol. The van der Waals surface area contributed by atoms with Crippen LogP contribution in [0.5, 0.6) is 5.75 Å². The van der Waals surface area contributed by atoms with Gasteiger partial charge in [0, 0.05) is 55.6 Å². The van der Waals surface area contributed by atoms with Crippen LogP contribution in [0.1, 0.15) is 62.4 Å². The number of imide groups is 2. The molecule has 2 aliphatic heterocycles. The number of halogens is 1. The number of rotatable bonds is 7. The van der Waals surface area contributed by atoms with Gasteiger partial charge >= 0.3 is 0 Å². The second-order valence-electron chi connectivity index (χ2n) is 11.3. The van der Waals surface area contributed by atoms with Crippen LogP contribution in [-0.4, -0.2) is 79.7 Å². The number of fused-ring (bicyclic) bond motifs is 2. The van der Waals surface area contributed by atoms with Crippen molar-refractivity contribution in [3.63, 3.8) is 0 Å². The fourth-order valence-electron chi connectivity index (χ4n) is 6.05. The quantitative estimate of drug-likeness (QED) is 0.131. The Morgan fingerprint density at radius 3 is 2.70 bits per heavy atom. The van der Waals surface area contributed by atoms with Gasteiger partial charge in [-0.15, -0.1) is 0 Å². The molecule has 1 fully saturated rings. The highest BCUT2D eigenvalue weighted by atomic mass is 35.5. The summed E-state index contributed by atoms with van der Waals surface area (Å²) in [5.41, 5.74) is 10.5. The van der Waals surface area contributed by atoms with Crippen molar-refractivity contribution in [1.82, 2.24) is 29.3 Å². The Morgan fingerprint density at radius 1 is 1.15 bits per heavy atom. The predicted octanol–water partition coefficient (Wildman–Crippen LogP) is 3.33. The highest BCUT2D eigenvalue weighted by Crippen LogP contribution is 2.33. The summed E-state index contributed by atoms with van der Waals surface area (Å²) >= 11 is 6.51. The molecule has 3 aromatic heterocycles. The van der Waals surface area contributed by atoms with E-state index in [0.717, 1.165) is 32.4 Å². The molecule has 4 aromatic rings. The SMILES string of the molecule is COc1c(C)cnc(Cn2cc(C#CCCNc3cccc4c3C(=O)N(C3CCC(=O)N(C)C3=O)C4=O)c3c(Cl)nc(N)nc32)c1C. The highest BCUT2D eigenvalue weighted by molar-refractivity contribution is 6.34. The third kappa shape index (κ3) is 5.50. The van der Waals surface area contributed by atoms with Crippen LogP contribution in [0.25, 0.3) is 11.0 Å². The minimum atomic E-state index is -1.02. The van der Waals surface area contributed by atoms with Crippen LogP contribution in [0.2, 0.25) is 5.15 Å². The summed E-state index contributed by atoms with van der Waals surface area (Å²) in [7, 11) is 2.98. The molecule has 1 aromatic carbocycles. The summed E-state index contributed by atoms with van der Waals surface area (Å²) in [4.78, 5) is 66.5. The molecule has 13 nitrogen and oxygen atoms in total. The molecule has 0 spiro atoms. The Bertz CT molecular complexity index is 2060. The predicted molar refractivity (Wildman–Crippen MR) is 174 cm³/mol. The van der Waals surface area contributed by atoms with Crippen LogP contribution in [0.4, 0.5) is 11.6 Å². The molecule has 14 heteroatoms. The minimum absolute atomic E-state index is 0.0343. The monoisotopic (exact) mass is 654 g/mol. The molecule has 3 N–H and O–H groups in total. The number of nitrogens with zero attached hydrogens (tertiary/aromatic N) is 6. The molecule has 0 radical (unpaired) electrons. The van der Waals surface area contributed by atoms with Crippen molar-refractivity contribution in [2.75, 3.05) is 31.8 Å². The van der Waals surface area contributed by atoms with E-state index in [2.05, 4.69) is 32.1 Å². The van der Waals surface area contributed by atoms with E-state index in [1.165, 1.54) is 7.05 Å². The topological polar surface area (TPSA) is 166 Å². The van der Waals surface area contributed by atoms with Gasteiger partial charge < -0.3 is 20.4 Å². The molecule has 2 aliphatic rings. The number of hydrogen-bond donors (Lipinski definition) is 2. The second kappa shape index (κ2) is 12.4. The number of benzene rings is 1. The van der Waals surface area contributed by atoms with Crippen molar-refractivity contribution in [3.05, 3.63) is 69.3 Å². The molecule has 1 atom stereocenters. The van der Waals surface area contributed by atoms with Crippen LogP contribution >= 0.6 is 11.6 Å². The van der Waals surface area contributed by atoms with Gasteiger partial charge in [0.15, 0.2) is 0 Å². The lowest BCUT2D eigenvalue weighted by atomic mass is 10.0. The summed E-state index contributed by atoms with van der Waals surface area (Å²) in [5, 5.41) is 3.95. The van der Waals surface area contributed by atoms with Crippen LogP contribution in [0.3, 0.4) is 0 Å². The van der Waals surface area contributed by atoms with Crippen molar-refractivity contribution in [2.45, 2.75) is 45.7 Å². The molecule has 1 unspecified atom stereocenters. The number of piperidine rings is 1. The number of aryl methyl sites for hydroxylation is 1. The van der Waals surface area contributed by atoms with Gasteiger partial charge in [0.25, 0.3) is 17.7 Å². The lowest BCUT2D eigenvalue weighted by Gasteiger charge is -2.32. The normalized spacial score (nSPS) is 16.1. The maximum absolute atomic E-state index is 13.5. The van der Waals surface area contributed by atoms with Crippen molar-refractivity contribution >= 4 is 57.9 Å². The number of amides is 4. The van der Waals surface area contributed by atoms with Gasteiger partial charge in [-0.25, -0.2) is 4.98 Å². The first-order chi connectivity index (χ1) is 22.5. The number of likely N-dealkylation sites (tertiary alicyclic amines) is 1. The van der Waals surface area contributed by atoms with Gasteiger partial charge in [0.2, 0.25) is 11.9 Å². The van der Waals surface area contributed by atoms with Crippen LogP contribution in [-0.2, 0) is 16.1 Å². The lowest BCUT2D eigenvalue weighted by Crippen LogP contribution is -2.54. The number of carbonyl (C=O) groups is 4. The Labute approximate surface area is 275 Å². The largest absolute Gasteiger partial charge is 0.496 e. The molecule has 5 heterocycles. The van der Waals surface area contributed by atoms with E-state index in [9.17, 15) is 19.2 Å². The van der Waals surface area contributed by atoms with E-state index in [4.69, 9.17) is 22.1 Å². The standard InChI is InChI=1S/C33H31ClN8O5/c1-17-14-37-22(18(2)27(17)47-4)16-41-15-19(25-28(34)38-33(35)39-29(25)41)8-5-6-13-36-21-10-7-9-20-26(21)32(46)42(30(20)44)23-11-12-24(43)40(3)31(23)45/h7,9-10,14-15,23,36H,6,11-13,16H2,1-4H3,(H2,35,38,39). The molecule has 47 heavy (non-hydrogen) atoms. The fourth-order valence-corrected chi connectivity index (χ4v) is 6.33. The molecule has 1 saturated heterocycles. The second-order valence-corrected chi connectivity index (χ2v) is 11.7. The number of ether oxygens (including phenoxy) is 1. The zero-order valence-corrected chi connectivity index (χ0v) is 26.9. The first-order valence-corrected chi connectivity index (χ1v) is 15.2. The van der Waals surface area contributed by atoms with Crippen molar-refractivity contribution in [2.24, 2.45) is 0 Å². The van der Waals surface area contributed by atoms with Gasteiger partial charge in [-0.2, -0.15) is 4.98 Å². The zero-order chi connectivity index (χ0) is 33.6. The van der Waals surface area contributed by atoms with Crippen LogP contribution in [0, 0.1) is 25.7 Å². The molecule has 0 bridgehead atoms. The molecule has 240 valence electrons. The number of hydrogen-bond acceptors (Lipinski definition) is 10. The molecule has 4 amide bonds. The number of nitrogens with two attached hydrogens (primary N) is 1. The van der Waals surface area contributed by atoms with E-state index in [1.54, 1.807) is 31.5 Å². The van der Waals surface area contributed by atoms with Gasteiger partial charge in [-0.3, -0.25) is 34.0 Å². The molecular weight excluding hydrogens is 624 g/mol. The summed E-state index contributed by atoms with van der Waals surface area (Å²) in [5.74, 6) is 5.05. The highest BCUT2D eigenvalue weighted by Gasteiger charge is 2.47. The van der Waals surface area contributed by atoms with Gasteiger partial charge in [0.1, 0.15) is 22.6 Å². The Hall–Kier alpha value is -5.48. The summed E-state index contributed by atoms with van der Waals surface area (Å²) < 4.78 is 7.44. The third-order valence-electron chi connectivity index (χ3n) is 8.43. The Balaban J connectivity index is 1.20. The van der Waals surface area contributed by atoms with Crippen molar-refractivity contribution in [3.8, 4) is 17.6 Å². The van der Waals surface area contributed by atoms with E-state index in [1.807, 2.05) is 24.6 Å². The Morgan fingerprint density at radius 2 is 1.94 bits per heavy atom. The molecule has 0 saturated carbocycles. The van der Waals surface area contributed by atoms with E-state index in [0.29, 0.717) is 41.8 Å². The smallest absolute Gasteiger partial charge is 0.264 e. The zero-order valence-electron chi connectivity index (χ0n) is 26.2. The van der Waals surface area contributed by atoms with E-state index < -0.39 is 23.8 Å². The number of anilines is 2. The molecule has 6 rings (SSSR count). The van der Waals surface area contributed by atoms with Crippen LogP contribution < -0.4 is 15.8 Å². The summed E-state index contributed by atoms with van der Waals surface area (Å²) in [6, 6.07) is 3.90. The van der Waals surface area contributed by atoms with Crippen LogP contribution in [0.15, 0.2) is 30.6 Å². The Kier molecular flexibility index (Phi) is 8.29.